The monoisotopic (exact) mass is 290 g/mol. The number of nitrogens with one attached hydrogen (secondary N) is 1. The summed E-state index contributed by atoms with van der Waals surface area (Å²) in [4.78, 5) is 24.3. The van der Waals surface area contributed by atoms with Gasteiger partial charge in [-0.25, -0.2) is 5.01 Å². The van der Waals surface area contributed by atoms with Crippen LogP contribution in [-0.2, 0) is 9.53 Å². The third-order valence-electron chi connectivity index (χ3n) is 3.21. The Labute approximate surface area is 125 Å². The molecule has 1 aliphatic rings. The van der Waals surface area contributed by atoms with Gasteiger partial charge in [0.05, 0.1) is 0 Å². The van der Waals surface area contributed by atoms with Crippen molar-refractivity contribution in [2.24, 2.45) is 0 Å². The molecule has 0 radical (unpaired) electrons. The maximum Gasteiger partial charge on any atom is 0.325 e. The molecule has 1 saturated heterocycles. The van der Waals surface area contributed by atoms with Gasteiger partial charge in [-0.2, -0.15) is 0 Å². The number of esters is 1. The summed E-state index contributed by atoms with van der Waals surface area (Å²) in [6.45, 7) is 6.18. The standard InChI is InChI=1S/C16H22N2O3/c1-16(2,3)21-15(20)13-10-7-11-18(13)17-14(19)12-8-5-4-6-9-12/h4-6,8-9,13H,7,10-11H2,1-3H3,(H,17,19). The van der Waals surface area contributed by atoms with E-state index in [0.717, 1.165) is 6.42 Å². The smallest absolute Gasteiger partial charge is 0.325 e. The third-order valence-corrected chi connectivity index (χ3v) is 3.21. The van der Waals surface area contributed by atoms with Crippen molar-refractivity contribution < 1.29 is 14.3 Å². The first kappa shape index (κ1) is 15.5. The second kappa shape index (κ2) is 6.26. The fourth-order valence-electron chi connectivity index (χ4n) is 2.30. The summed E-state index contributed by atoms with van der Waals surface area (Å²) in [5.41, 5.74) is 2.86. The van der Waals surface area contributed by atoms with Gasteiger partial charge in [0.2, 0.25) is 0 Å². The van der Waals surface area contributed by atoms with Gasteiger partial charge in [-0.1, -0.05) is 18.2 Å². The Morgan fingerprint density at radius 1 is 1.24 bits per heavy atom. The predicted molar refractivity (Wildman–Crippen MR) is 79.5 cm³/mol. The largest absolute Gasteiger partial charge is 0.459 e. The molecule has 1 atom stereocenters. The molecular formula is C16H22N2O3. The summed E-state index contributed by atoms with van der Waals surface area (Å²) in [5.74, 6) is -0.487. The predicted octanol–water partition coefficient (Wildman–Crippen LogP) is 2.14. The Morgan fingerprint density at radius 3 is 2.52 bits per heavy atom. The van der Waals surface area contributed by atoms with Crippen LogP contribution in [0.15, 0.2) is 30.3 Å². The molecule has 0 aliphatic carbocycles. The summed E-state index contributed by atoms with van der Waals surface area (Å²) in [7, 11) is 0. The van der Waals surface area contributed by atoms with Crippen molar-refractivity contribution >= 4 is 11.9 Å². The second-order valence-electron chi connectivity index (χ2n) is 6.19. The van der Waals surface area contributed by atoms with Crippen LogP contribution in [0, 0.1) is 0 Å². The molecule has 2 rings (SSSR count). The molecule has 21 heavy (non-hydrogen) atoms. The molecule has 5 heteroatoms. The van der Waals surface area contributed by atoms with Crippen LogP contribution in [0.25, 0.3) is 0 Å². The van der Waals surface area contributed by atoms with Crippen LogP contribution in [0.5, 0.6) is 0 Å². The van der Waals surface area contributed by atoms with E-state index in [4.69, 9.17) is 4.74 Å². The molecule has 1 heterocycles. The molecular weight excluding hydrogens is 268 g/mol. The number of hydrogen-bond donors (Lipinski definition) is 1. The van der Waals surface area contributed by atoms with E-state index in [0.29, 0.717) is 18.5 Å². The van der Waals surface area contributed by atoms with Crippen molar-refractivity contribution in [3.05, 3.63) is 35.9 Å². The number of hydrazine groups is 1. The van der Waals surface area contributed by atoms with Crippen LogP contribution >= 0.6 is 0 Å². The van der Waals surface area contributed by atoms with E-state index in [1.54, 1.807) is 17.1 Å². The van der Waals surface area contributed by atoms with Crippen LogP contribution < -0.4 is 5.43 Å². The molecule has 0 aromatic heterocycles. The van der Waals surface area contributed by atoms with Crippen LogP contribution in [-0.4, -0.2) is 35.1 Å². The van der Waals surface area contributed by atoms with Crippen molar-refractivity contribution in [3.8, 4) is 0 Å². The van der Waals surface area contributed by atoms with E-state index in [2.05, 4.69) is 5.43 Å². The van der Waals surface area contributed by atoms with Gasteiger partial charge in [-0.3, -0.25) is 15.0 Å². The highest BCUT2D eigenvalue weighted by Crippen LogP contribution is 2.19. The highest BCUT2D eigenvalue weighted by molar-refractivity contribution is 5.94. The Kier molecular flexibility index (Phi) is 4.63. The molecule has 1 aromatic carbocycles. The van der Waals surface area contributed by atoms with Gasteiger partial charge in [0.15, 0.2) is 0 Å². The van der Waals surface area contributed by atoms with Crippen LogP contribution in [0.2, 0.25) is 0 Å². The van der Waals surface area contributed by atoms with Crippen molar-refractivity contribution in [2.75, 3.05) is 6.54 Å². The minimum Gasteiger partial charge on any atom is -0.459 e. The Bertz CT molecular complexity index is 508. The topological polar surface area (TPSA) is 58.6 Å². The number of carbonyl (C=O) groups is 2. The Morgan fingerprint density at radius 2 is 1.90 bits per heavy atom. The third kappa shape index (κ3) is 4.29. The molecule has 5 nitrogen and oxygen atoms in total. The maximum atomic E-state index is 12.2. The molecule has 1 aliphatic heterocycles. The van der Waals surface area contributed by atoms with E-state index in [-0.39, 0.29) is 11.9 Å². The Balaban J connectivity index is 1.99. The number of rotatable bonds is 3. The van der Waals surface area contributed by atoms with Crippen molar-refractivity contribution in [1.82, 2.24) is 10.4 Å². The quantitative estimate of drug-likeness (QED) is 0.867. The summed E-state index contributed by atoms with van der Waals surface area (Å²) < 4.78 is 5.41. The lowest BCUT2D eigenvalue weighted by Gasteiger charge is -2.27. The van der Waals surface area contributed by atoms with E-state index >= 15 is 0 Å². The lowest BCUT2D eigenvalue weighted by molar-refractivity contribution is -0.161. The molecule has 0 spiro atoms. The minimum absolute atomic E-state index is 0.203. The first-order valence-electron chi connectivity index (χ1n) is 7.22. The average molecular weight is 290 g/mol. The molecule has 1 aromatic rings. The minimum atomic E-state index is -0.519. The molecule has 0 bridgehead atoms. The first-order chi connectivity index (χ1) is 9.87. The summed E-state index contributed by atoms with van der Waals surface area (Å²) in [6.07, 6.45) is 1.56. The second-order valence-corrected chi connectivity index (χ2v) is 6.19. The fraction of sp³-hybridized carbons (Fsp3) is 0.500. The van der Waals surface area contributed by atoms with Crippen molar-refractivity contribution in [1.29, 1.82) is 0 Å². The highest BCUT2D eigenvalue weighted by Gasteiger charge is 2.35. The van der Waals surface area contributed by atoms with E-state index < -0.39 is 11.6 Å². The van der Waals surface area contributed by atoms with Crippen LogP contribution in [0.4, 0.5) is 0 Å². The normalized spacial score (nSPS) is 19.3. The zero-order chi connectivity index (χ0) is 15.5. The molecule has 1 unspecified atom stereocenters. The van der Waals surface area contributed by atoms with Gasteiger partial charge in [0, 0.05) is 12.1 Å². The number of benzene rings is 1. The SMILES string of the molecule is CC(C)(C)OC(=O)C1CCCN1NC(=O)c1ccccc1. The van der Waals surface area contributed by atoms with E-state index in [1.165, 1.54) is 0 Å². The van der Waals surface area contributed by atoms with Gasteiger partial charge >= 0.3 is 5.97 Å². The van der Waals surface area contributed by atoms with Crippen LogP contribution in [0.1, 0.15) is 44.0 Å². The summed E-state index contributed by atoms with van der Waals surface area (Å²) >= 11 is 0. The molecule has 1 N–H and O–H groups in total. The fourth-order valence-corrected chi connectivity index (χ4v) is 2.30. The van der Waals surface area contributed by atoms with Gasteiger partial charge in [0.1, 0.15) is 11.6 Å². The molecule has 1 amide bonds. The number of hydrogen-bond acceptors (Lipinski definition) is 4. The van der Waals surface area contributed by atoms with Gasteiger partial charge < -0.3 is 4.74 Å². The van der Waals surface area contributed by atoms with Crippen molar-refractivity contribution in [3.63, 3.8) is 0 Å². The van der Waals surface area contributed by atoms with E-state index in [9.17, 15) is 9.59 Å². The number of carbonyl (C=O) groups excluding carboxylic acids is 2. The molecule has 1 fully saturated rings. The molecule has 114 valence electrons. The lowest BCUT2D eigenvalue weighted by Crippen LogP contribution is -2.49. The van der Waals surface area contributed by atoms with E-state index in [1.807, 2.05) is 39.0 Å². The zero-order valence-electron chi connectivity index (χ0n) is 12.8. The average Bonchev–Trinajstić information content (AvgIpc) is 2.86. The van der Waals surface area contributed by atoms with Gasteiger partial charge in [-0.05, 0) is 45.7 Å². The van der Waals surface area contributed by atoms with Gasteiger partial charge in [0.25, 0.3) is 5.91 Å². The van der Waals surface area contributed by atoms with Crippen molar-refractivity contribution in [2.45, 2.75) is 45.3 Å². The lowest BCUT2D eigenvalue weighted by atomic mass is 10.1. The number of nitrogens with zero attached hydrogens (tertiary/aromatic N) is 1. The van der Waals surface area contributed by atoms with Crippen LogP contribution in [0.3, 0.4) is 0 Å². The highest BCUT2D eigenvalue weighted by atomic mass is 16.6. The first-order valence-corrected chi connectivity index (χ1v) is 7.22. The summed E-state index contributed by atoms with van der Waals surface area (Å²) in [5, 5.41) is 1.68. The summed E-state index contributed by atoms with van der Waals surface area (Å²) in [6, 6.07) is 8.56. The maximum absolute atomic E-state index is 12.2. The van der Waals surface area contributed by atoms with Gasteiger partial charge in [-0.15, -0.1) is 0 Å². The number of amides is 1. The molecule has 0 saturated carbocycles. The Hall–Kier alpha value is -1.88. The number of ether oxygens (including phenoxy) is 1. The zero-order valence-corrected chi connectivity index (χ0v) is 12.8.